The van der Waals surface area contributed by atoms with Gasteiger partial charge in [-0.25, -0.2) is 0 Å². The molecule has 5 rings (SSSR count). The van der Waals surface area contributed by atoms with E-state index in [0.29, 0.717) is 22.9 Å². The van der Waals surface area contributed by atoms with E-state index in [0.717, 1.165) is 21.6 Å². The van der Waals surface area contributed by atoms with Gasteiger partial charge in [-0.05, 0) is 54.1 Å². The maximum atomic E-state index is 12.9. The highest BCUT2D eigenvalue weighted by molar-refractivity contribution is 7.20. The summed E-state index contributed by atoms with van der Waals surface area (Å²) >= 11 is 1.45. The molecular formula is C22H19N7OS. The second-order valence-electron chi connectivity index (χ2n) is 7.20. The summed E-state index contributed by atoms with van der Waals surface area (Å²) in [5.41, 5.74) is 3.54. The molecule has 5 aromatic rings. The first-order valence-electron chi connectivity index (χ1n) is 9.76. The van der Waals surface area contributed by atoms with Crippen LogP contribution in [-0.4, -0.2) is 35.9 Å². The lowest BCUT2D eigenvalue weighted by Gasteiger charge is -2.07. The maximum absolute atomic E-state index is 12.9. The van der Waals surface area contributed by atoms with Crippen LogP contribution in [0, 0.1) is 13.8 Å². The minimum atomic E-state index is -0.155. The molecule has 0 fully saturated rings. The first-order valence-corrected chi connectivity index (χ1v) is 10.6. The Kier molecular flexibility index (Phi) is 4.79. The lowest BCUT2D eigenvalue weighted by molar-refractivity contribution is 0.103. The second kappa shape index (κ2) is 7.77. The highest BCUT2D eigenvalue weighted by atomic mass is 32.1. The van der Waals surface area contributed by atoms with Gasteiger partial charge in [0.1, 0.15) is 4.83 Å². The number of thiophene rings is 1. The van der Waals surface area contributed by atoms with Crippen LogP contribution < -0.4 is 5.32 Å². The zero-order chi connectivity index (χ0) is 21.4. The average Bonchev–Trinajstić information content (AvgIpc) is 3.47. The molecule has 0 atom stereocenters. The summed E-state index contributed by atoms with van der Waals surface area (Å²) in [4.78, 5) is 14.6. The molecule has 1 N–H and O–H groups in total. The van der Waals surface area contributed by atoms with Gasteiger partial charge in [0.05, 0.1) is 22.8 Å². The van der Waals surface area contributed by atoms with Crippen molar-refractivity contribution in [2.45, 2.75) is 20.4 Å². The quantitative estimate of drug-likeness (QED) is 0.456. The lowest BCUT2D eigenvalue weighted by Crippen LogP contribution is -2.11. The van der Waals surface area contributed by atoms with Gasteiger partial charge in [-0.1, -0.05) is 36.4 Å². The number of hydrogen-bond donors (Lipinski definition) is 1. The van der Waals surface area contributed by atoms with Crippen molar-refractivity contribution >= 4 is 33.1 Å². The number of carbonyl (C=O) groups is 1. The van der Waals surface area contributed by atoms with Gasteiger partial charge in [-0.3, -0.25) is 9.48 Å². The summed E-state index contributed by atoms with van der Waals surface area (Å²) < 4.78 is 3.58. The predicted molar refractivity (Wildman–Crippen MR) is 120 cm³/mol. The number of tetrazole rings is 1. The topological polar surface area (TPSA) is 90.5 Å². The normalized spacial score (nSPS) is 11.2. The minimum absolute atomic E-state index is 0.155. The molecule has 31 heavy (non-hydrogen) atoms. The van der Waals surface area contributed by atoms with E-state index < -0.39 is 0 Å². The Bertz CT molecular complexity index is 1380. The van der Waals surface area contributed by atoms with Crippen molar-refractivity contribution in [3.8, 4) is 5.69 Å². The summed E-state index contributed by atoms with van der Waals surface area (Å²) in [6.07, 6.45) is 0. The third kappa shape index (κ3) is 3.71. The molecule has 154 valence electrons. The molecule has 3 heterocycles. The number of amides is 1. The average molecular weight is 430 g/mol. The van der Waals surface area contributed by atoms with Gasteiger partial charge in [0.2, 0.25) is 0 Å². The highest BCUT2D eigenvalue weighted by Crippen LogP contribution is 2.29. The van der Waals surface area contributed by atoms with Crippen LogP contribution in [0.15, 0.2) is 60.7 Å². The van der Waals surface area contributed by atoms with Gasteiger partial charge < -0.3 is 5.32 Å². The van der Waals surface area contributed by atoms with Crippen molar-refractivity contribution in [3.63, 3.8) is 0 Å². The van der Waals surface area contributed by atoms with Gasteiger partial charge in [0.25, 0.3) is 5.91 Å². The largest absolute Gasteiger partial charge is 0.321 e. The smallest absolute Gasteiger partial charge is 0.265 e. The summed E-state index contributed by atoms with van der Waals surface area (Å²) in [6, 6.07) is 19.5. The summed E-state index contributed by atoms with van der Waals surface area (Å²) in [5, 5.41) is 20.2. The Hall–Kier alpha value is -3.85. The maximum Gasteiger partial charge on any atom is 0.265 e. The van der Waals surface area contributed by atoms with E-state index >= 15 is 0 Å². The van der Waals surface area contributed by atoms with Crippen LogP contribution in [-0.2, 0) is 6.54 Å². The number of fused-ring (bicyclic) bond motifs is 1. The number of rotatable bonds is 5. The van der Waals surface area contributed by atoms with Gasteiger partial charge in [0, 0.05) is 11.1 Å². The van der Waals surface area contributed by atoms with E-state index in [1.54, 1.807) is 4.68 Å². The molecule has 8 nitrogen and oxygen atoms in total. The fourth-order valence-corrected chi connectivity index (χ4v) is 4.52. The Labute approximate surface area is 182 Å². The van der Waals surface area contributed by atoms with E-state index in [9.17, 15) is 4.79 Å². The molecule has 0 aliphatic rings. The zero-order valence-electron chi connectivity index (χ0n) is 17.0. The molecule has 0 unspecified atom stereocenters. The number of carbonyl (C=O) groups excluding carboxylic acids is 1. The van der Waals surface area contributed by atoms with Crippen molar-refractivity contribution in [1.82, 2.24) is 30.0 Å². The number of hydrogen-bond acceptors (Lipinski definition) is 6. The molecule has 0 spiro atoms. The molecule has 2 aromatic carbocycles. The first kappa shape index (κ1) is 19.1. The first-order chi connectivity index (χ1) is 15.1. The van der Waals surface area contributed by atoms with E-state index in [1.165, 1.54) is 16.9 Å². The van der Waals surface area contributed by atoms with Crippen LogP contribution in [0.2, 0.25) is 0 Å². The molecule has 1 amide bonds. The third-order valence-electron chi connectivity index (χ3n) is 4.98. The van der Waals surface area contributed by atoms with Gasteiger partial charge in [-0.2, -0.15) is 9.78 Å². The number of aryl methyl sites for hydroxylation is 2. The SMILES string of the molecule is Cc1nn(Cc2ccccc2)c2sc(C(=O)Nc3cccc(-n4nnnc4C)c3)cc12. The van der Waals surface area contributed by atoms with Crippen LogP contribution in [0.25, 0.3) is 15.9 Å². The fourth-order valence-electron chi connectivity index (χ4n) is 3.47. The van der Waals surface area contributed by atoms with Gasteiger partial charge >= 0.3 is 0 Å². The Morgan fingerprint density at radius 3 is 2.68 bits per heavy atom. The molecule has 0 bridgehead atoms. The molecule has 0 radical (unpaired) electrons. The van der Waals surface area contributed by atoms with Crippen LogP contribution >= 0.6 is 11.3 Å². The Balaban J connectivity index is 1.41. The minimum Gasteiger partial charge on any atom is -0.321 e. The molecular weight excluding hydrogens is 410 g/mol. The number of anilines is 1. The highest BCUT2D eigenvalue weighted by Gasteiger charge is 2.17. The Morgan fingerprint density at radius 2 is 1.90 bits per heavy atom. The molecule has 3 aromatic heterocycles. The van der Waals surface area contributed by atoms with Crippen LogP contribution in [0.3, 0.4) is 0 Å². The molecule has 0 aliphatic heterocycles. The van der Waals surface area contributed by atoms with Crippen molar-refractivity contribution in [2.24, 2.45) is 0 Å². The summed E-state index contributed by atoms with van der Waals surface area (Å²) in [7, 11) is 0. The third-order valence-corrected chi connectivity index (χ3v) is 6.13. The van der Waals surface area contributed by atoms with E-state index in [1.807, 2.05) is 67.1 Å². The van der Waals surface area contributed by atoms with E-state index in [2.05, 4.69) is 38.1 Å². The summed E-state index contributed by atoms with van der Waals surface area (Å²) in [5.74, 6) is 0.517. The van der Waals surface area contributed by atoms with Gasteiger partial charge in [-0.15, -0.1) is 16.4 Å². The van der Waals surface area contributed by atoms with Crippen molar-refractivity contribution in [2.75, 3.05) is 5.32 Å². The number of nitrogens with zero attached hydrogens (tertiary/aromatic N) is 6. The van der Waals surface area contributed by atoms with Crippen LogP contribution in [0.4, 0.5) is 5.69 Å². The van der Waals surface area contributed by atoms with Crippen LogP contribution in [0.5, 0.6) is 0 Å². The van der Waals surface area contributed by atoms with Crippen LogP contribution in [0.1, 0.15) is 26.8 Å². The zero-order valence-corrected chi connectivity index (χ0v) is 17.8. The molecule has 0 aliphatic carbocycles. The summed E-state index contributed by atoms with van der Waals surface area (Å²) in [6.45, 7) is 4.46. The Morgan fingerprint density at radius 1 is 1.06 bits per heavy atom. The lowest BCUT2D eigenvalue weighted by atomic mass is 10.2. The van der Waals surface area contributed by atoms with Gasteiger partial charge in [0.15, 0.2) is 5.82 Å². The van der Waals surface area contributed by atoms with Crippen molar-refractivity contribution < 1.29 is 4.79 Å². The van der Waals surface area contributed by atoms with E-state index in [-0.39, 0.29) is 5.91 Å². The van der Waals surface area contributed by atoms with Crippen molar-refractivity contribution in [1.29, 1.82) is 0 Å². The number of nitrogens with one attached hydrogen (secondary N) is 1. The monoisotopic (exact) mass is 429 g/mol. The van der Waals surface area contributed by atoms with Crippen molar-refractivity contribution in [3.05, 3.63) is 82.6 Å². The number of benzene rings is 2. The molecule has 9 heteroatoms. The standard InChI is InChI=1S/C22H19N7OS/c1-14-19-12-20(31-22(19)28(25-14)13-16-7-4-3-5-8-16)21(30)23-17-9-6-10-18(11-17)29-15(2)24-26-27-29/h3-12H,13H2,1-2H3,(H,23,30). The number of aromatic nitrogens is 6. The second-order valence-corrected chi connectivity index (χ2v) is 8.23. The molecule has 0 saturated heterocycles. The predicted octanol–water partition coefficient (Wildman–Crippen LogP) is 3.99. The molecule has 0 saturated carbocycles. The van der Waals surface area contributed by atoms with E-state index in [4.69, 9.17) is 0 Å². The fraction of sp³-hybridized carbons (Fsp3) is 0.136.